The molecule has 1 aromatic rings. The Hall–Kier alpha value is -1.00. The molecule has 0 N–H and O–H groups in total. The topological polar surface area (TPSA) is 34.6 Å². The highest BCUT2D eigenvalue weighted by atomic mass is 35.5. The van der Waals surface area contributed by atoms with Crippen molar-refractivity contribution in [2.24, 2.45) is 0 Å². The summed E-state index contributed by atoms with van der Waals surface area (Å²) in [6, 6.07) is 3.84. The molecular formula is C13H19ClN2O2. The van der Waals surface area contributed by atoms with Crippen molar-refractivity contribution in [3.63, 3.8) is 0 Å². The lowest BCUT2D eigenvalue weighted by Crippen LogP contribution is -2.43. The van der Waals surface area contributed by atoms with Gasteiger partial charge in [0.2, 0.25) is 0 Å². The molecule has 1 aliphatic rings. The molecule has 2 heterocycles. The third-order valence-corrected chi connectivity index (χ3v) is 3.07. The predicted octanol–water partition coefficient (Wildman–Crippen LogP) is 2.31. The van der Waals surface area contributed by atoms with Crippen molar-refractivity contribution in [3.8, 4) is 5.75 Å². The van der Waals surface area contributed by atoms with Crippen LogP contribution in [0.4, 0.5) is 5.82 Å². The molecule has 0 amide bonds. The van der Waals surface area contributed by atoms with Gasteiger partial charge in [-0.25, -0.2) is 4.98 Å². The molecular weight excluding hydrogens is 252 g/mol. The fraction of sp³-hybridized carbons (Fsp3) is 0.615. The summed E-state index contributed by atoms with van der Waals surface area (Å²) < 4.78 is 11.3. The third kappa shape index (κ3) is 3.27. The zero-order chi connectivity index (χ0) is 13.0. The van der Waals surface area contributed by atoms with E-state index in [0.29, 0.717) is 12.5 Å². The Morgan fingerprint density at radius 1 is 1.61 bits per heavy atom. The molecule has 0 spiro atoms. The maximum Gasteiger partial charge on any atom is 0.171 e. The smallest absolute Gasteiger partial charge is 0.171 e. The maximum absolute atomic E-state index is 5.85. The van der Waals surface area contributed by atoms with E-state index in [-0.39, 0.29) is 12.2 Å². The van der Waals surface area contributed by atoms with Crippen LogP contribution >= 0.6 is 11.6 Å². The van der Waals surface area contributed by atoms with Gasteiger partial charge >= 0.3 is 0 Å². The molecule has 0 bridgehead atoms. The van der Waals surface area contributed by atoms with Crippen molar-refractivity contribution in [2.75, 3.05) is 30.5 Å². The largest absolute Gasteiger partial charge is 0.487 e. The number of halogens is 1. The minimum absolute atomic E-state index is 0.0642. The number of pyridine rings is 1. The van der Waals surface area contributed by atoms with Gasteiger partial charge in [-0.1, -0.05) is 0 Å². The number of rotatable bonds is 4. The molecule has 0 aliphatic carbocycles. The highest BCUT2D eigenvalue weighted by Gasteiger charge is 2.23. The second-order valence-electron chi connectivity index (χ2n) is 4.58. The lowest BCUT2D eigenvalue weighted by molar-refractivity contribution is 0.0548. The quantitative estimate of drug-likeness (QED) is 0.787. The second-order valence-corrected chi connectivity index (χ2v) is 4.89. The van der Waals surface area contributed by atoms with Crippen LogP contribution in [0.15, 0.2) is 18.3 Å². The maximum atomic E-state index is 5.85. The third-order valence-electron chi connectivity index (χ3n) is 2.72. The van der Waals surface area contributed by atoms with Gasteiger partial charge < -0.3 is 14.4 Å². The van der Waals surface area contributed by atoms with Gasteiger partial charge in [-0.15, -0.1) is 11.6 Å². The summed E-state index contributed by atoms with van der Waals surface area (Å²) >= 11 is 5.85. The number of hydrogen-bond donors (Lipinski definition) is 0. The summed E-state index contributed by atoms with van der Waals surface area (Å²) in [5.41, 5.74) is 0. The average molecular weight is 271 g/mol. The molecule has 1 atom stereocenters. The van der Waals surface area contributed by atoms with E-state index in [1.165, 1.54) is 0 Å². The van der Waals surface area contributed by atoms with Crippen LogP contribution in [0.2, 0.25) is 0 Å². The van der Waals surface area contributed by atoms with Crippen molar-refractivity contribution in [3.05, 3.63) is 18.3 Å². The van der Waals surface area contributed by atoms with E-state index in [9.17, 15) is 0 Å². The minimum atomic E-state index is 0.0642. The second kappa shape index (κ2) is 6.25. The van der Waals surface area contributed by atoms with Crippen LogP contribution in [0.25, 0.3) is 0 Å². The molecule has 1 aliphatic heterocycles. The summed E-state index contributed by atoms with van der Waals surface area (Å²) in [6.45, 7) is 6.28. The van der Waals surface area contributed by atoms with E-state index in [1.54, 1.807) is 6.20 Å². The fourth-order valence-corrected chi connectivity index (χ4v) is 2.16. The highest BCUT2D eigenvalue weighted by molar-refractivity contribution is 6.18. The molecule has 0 radical (unpaired) electrons. The van der Waals surface area contributed by atoms with Crippen molar-refractivity contribution >= 4 is 17.4 Å². The van der Waals surface area contributed by atoms with E-state index in [2.05, 4.69) is 9.88 Å². The Balaban J connectivity index is 2.16. The number of anilines is 1. The van der Waals surface area contributed by atoms with E-state index in [4.69, 9.17) is 21.1 Å². The van der Waals surface area contributed by atoms with Gasteiger partial charge in [0.1, 0.15) is 0 Å². The highest BCUT2D eigenvalue weighted by Crippen LogP contribution is 2.27. The molecule has 1 saturated heterocycles. The molecule has 1 fully saturated rings. The standard InChI is InChI=1S/C13H19ClN2O2/c1-10(2)18-12-4-3-5-15-13(12)16-6-7-17-11(8-14)9-16/h3-5,10-11H,6-9H2,1-2H3. The van der Waals surface area contributed by atoms with Gasteiger partial charge in [0.05, 0.1) is 24.7 Å². The summed E-state index contributed by atoms with van der Waals surface area (Å²) in [5, 5.41) is 0. The van der Waals surface area contributed by atoms with Crippen molar-refractivity contribution in [1.82, 2.24) is 4.98 Å². The zero-order valence-electron chi connectivity index (χ0n) is 10.8. The fourth-order valence-electron chi connectivity index (χ4n) is 1.97. The van der Waals surface area contributed by atoms with Crippen molar-refractivity contribution in [2.45, 2.75) is 26.1 Å². The zero-order valence-corrected chi connectivity index (χ0v) is 11.6. The number of morpholine rings is 1. The Labute approximate surface area is 113 Å². The Morgan fingerprint density at radius 2 is 2.44 bits per heavy atom. The van der Waals surface area contributed by atoms with E-state index in [0.717, 1.165) is 24.7 Å². The molecule has 0 aromatic carbocycles. The van der Waals surface area contributed by atoms with E-state index >= 15 is 0 Å². The number of aromatic nitrogens is 1. The number of nitrogens with zero attached hydrogens (tertiary/aromatic N) is 2. The first kappa shape index (κ1) is 13.4. The first-order valence-corrected chi connectivity index (χ1v) is 6.78. The van der Waals surface area contributed by atoms with Crippen LogP contribution in [0.5, 0.6) is 5.75 Å². The molecule has 18 heavy (non-hydrogen) atoms. The van der Waals surface area contributed by atoms with Gasteiger partial charge in [0.25, 0.3) is 0 Å². The van der Waals surface area contributed by atoms with Gasteiger partial charge in [0.15, 0.2) is 11.6 Å². The number of ether oxygens (including phenoxy) is 2. The lowest BCUT2D eigenvalue weighted by Gasteiger charge is -2.33. The molecule has 2 rings (SSSR count). The summed E-state index contributed by atoms with van der Waals surface area (Å²) in [4.78, 5) is 6.60. The predicted molar refractivity (Wildman–Crippen MR) is 72.7 cm³/mol. The molecule has 5 heteroatoms. The Morgan fingerprint density at radius 3 is 3.17 bits per heavy atom. The number of hydrogen-bond acceptors (Lipinski definition) is 4. The van der Waals surface area contributed by atoms with Crippen LogP contribution < -0.4 is 9.64 Å². The SMILES string of the molecule is CC(C)Oc1cccnc1N1CCOC(CCl)C1. The van der Waals surface area contributed by atoms with Crippen LogP contribution in [-0.4, -0.2) is 42.8 Å². The van der Waals surface area contributed by atoms with Gasteiger partial charge in [-0.2, -0.15) is 0 Å². The number of alkyl halides is 1. The summed E-state index contributed by atoms with van der Waals surface area (Å²) in [5.74, 6) is 2.20. The Kier molecular flexibility index (Phi) is 4.66. The monoisotopic (exact) mass is 270 g/mol. The lowest BCUT2D eigenvalue weighted by atomic mass is 10.3. The summed E-state index contributed by atoms with van der Waals surface area (Å²) in [6.07, 6.45) is 1.99. The van der Waals surface area contributed by atoms with Crippen LogP contribution in [0.3, 0.4) is 0 Å². The normalized spacial score (nSPS) is 20.2. The first-order valence-electron chi connectivity index (χ1n) is 6.25. The van der Waals surface area contributed by atoms with Crippen LogP contribution in [-0.2, 0) is 4.74 Å². The average Bonchev–Trinajstić information content (AvgIpc) is 2.39. The molecule has 0 saturated carbocycles. The van der Waals surface area contributed by atoms with E-state index < -0.39 is 0 Å². The van der Waals surface area contributed by atoms with Gasteiger partial charge in [0, 0.05) is 19.3 Å². The van der Waals surface area contributed by atoms with Crippen LogP contribution in [0, 0.1) is 0 Å². The minimum Gasteiger partial charge on any atom is -0.487 e. The van der Waals surface area contributed by atoms with Crippen molar-refractivity contribution in [1.29, 1.82) is 0 Å². The molecule has 100 valence electrons. The Bertz CT molecular complexity index is 387. The van der Waals surface area contributed by atoms with Gasteiger partial charge in [-0.3, -0.25) is 0 Å². The van der Waals surface area contributed by atoms with Crippen molar-refractivity contribution < 1.29 is 9.47 Å². The van der Waals surface area contributed by atoms with E-state index in [1.807, 2.05) is 26.0 Å². The summed E-state index contributed by atoms with van der Waals surface area (Å²) in [7, 11) is 0. The molecule has 1 aromatic heterocycles. The molecule has 1 unspecified atom stereocenters. The van der Waals surface area contributed by atoms with Gasteiger partial charge in [-0.05, 0) is 26.0 Å². The molecule has 4 nitrogen and oxygen atoms in total. The van der Waals surface area contributed by atoms with Crippen LogP contribution in [0.1, 0.15) is 13.8 Å². The first-order chi connectivity index (χ1) is 8.70.